The van der Waals surface area contributed by atoms with Gasteiger partial charge in [0.05, 0.1) is 11.7 Å². The van der Waals surface area contributed by atoms with Gasteiger partial charge < -0.3 is 5.73 Å². The molecule has 0 spiro atoms. The number of aromatic nitrogens is 2. The highest BCUT2D eigenvalue weighted by atomic mass is 79.9. The number of rotatable bonds is 6. The number of hydrogen-bond donors (Lipinski definition) is 1. The summed E-state index contributed by atoms with van der Waals surface area (Å²) in [5.74, 6) is -0.268. The second-order valence-electron chi connectivity index (χ2n) is 5.23. The molecule has 0 fully saturated rings. The van der Waals surface area contributed by atoms with Gasteiger partial charge in [0, 0.05) is 23.1 Å². The van der Waals surface area contributed by atoms with Crippen LogP contribution < -0.4 is 5.73 Å². The molecule has 0 saturated heterocycles. The van der Waals surface area contributed by atoms with Crippen LogP contribution in [0.3, 0.4) is 0 Å². The first kappa shape index (κ1) is 16.2. The fourth-order valence-corrected chi connectivity index (χ4v) is 3.13. The molecular weight excluding hydrogens is 333 g/mol. The summed E-state index contributed by atoms with van der Waals surface area (Å²) in [5, 5.41) is 4.61. The number of nitrogens with two attached hydrogens (primary N) is 1. The Labute approximate surface area is 133 Å². The van der Waals surface area contributed by atoms with Crippen molar-refractivity contribution in [2.75, 3.05) is 0 Å². The lowest BCUT2D eigenvalue weighted by atomic mass is 10.0. The van der Waals surface area contributed by atoms with Crippen LogP contribution in [0.25, 0.3) is 0 Å². The van der Waals surface area contributed by atoms with E-state index in [0.717, 1.165) is 24.1 Å². The molecule has 21 heavy (non-hydrogen) atoms. The summed E-state index contributed by atoms with van der Waals surface area (Å²) in [4.78, 5) is 0. The zero-order valence-electron chi connectivity index (χ0n) is 12.4. The van der Waals surface area contributed by atoms with Crippen LogP contribution in [0.1, 0.15) is 50.0 Å². The van der Waals surface area contributed by atoms with Gasteiger partial charge in [-0.3, -0.25) is 4.68 Å². The van der Waals surface area contributed by atoms with Gasteiger partial charge in [-0.2, -0.15) is 5.10 Å². The second-order valence-corrected chi connectivity index (χ2v) is 6.09. The smallest absolute Gasteiger partial charge is 0.124 e. The number of hydrogen-bond acceptors (Lipinski definition) is 2. The van der Waals surface area contributed by atoms with E-state index in [1.807, 2.05) is 16.9 Å². The Morgan fingerprint density at radius 1 is 1.29 bits per heavy atom. The molecular formula is C16H21BrFN3. The van der Waals surface area contributed by atoms with E-state index in [1.165, 1.54) is 12.1 Å². The summed E-state index contributed by atoms with van der Waals surface area (Å²) < 4.78 is 15.8. The Morgan fingerprint density at radius 3 is 2.62 bits per heavy atom. The van der Waals surface area contributed by atoms with Crippen LogP contribution in [-0.4, -0.2) is 9.78 Å². The Hall–Kier alpha value is -1.20. The lowest BCUT2D eigenvalue weighted by molar-refractivity contribution is 0.424. The Balaban J connectivity index is 2.11. The topological polar surface area (TPSA) is 43.8 Å². The van der Waals surface area contributed by atoms with Crippen molar-refractivity contribution >= 4 is 15.9 Å². The molecule has 2 N–H and O–H groups in total. The number of nitrogens with zero attached hydrogens (tertiary/aromatic N) is 2. The fourth-order valence-electron chi connectivity index (χ4n) is 2.49. The first-order chi connectivity index (χ1) is 10.0. The van der Waals surface area contributed by atoms with Gasteiger partial charge in [-0.25, -0.2) is 4.39 Å². The van der Waals surface area contributed by atoms with E-state index >= 15 is 0 Å². The van der Waals surface area contributed by atoms with Crippen molar-refractivity contribution in [2.24, 2.45) is 5.73 Å². The molecule has 1 heterocycles. The number of halogens is 2. The van der Waals surface area contributed by atoms with E-state index in [2.05, 4.69) is 34.9 Å². The highest BCUT2D eigenvalue weighted by Crippen LogP contribution is 2.25. The van der Waals surface area contributed by atoms with Gasteiger partial charge in [0.15, 0.2) is 0 Å². The summed E-state index contributed by atoms with van der Waals surface area (Å²) in [6, 6.07) is 6.84. The molecule has 1 aromatic heterocycles. The van der Waals surface area contributed by atoms with Gasteiger partial charge in [-0.1, -0.05) is 35.8 Å². The van der Waals surface area contributed by atoms with Crippen LogP contribution in [0.4, 0.5) is 4.39 Å². The van der Waals surface area contributed by atoms with Crippen molar-refractivity contribution in [3.63, 3.8) is 0 Å². The molecule has 1 atom stereocenters. The lowest BCUT2D eigenvalue weighted by Crippen LogP contribution is -2.15. The highest BCUT2D eigenvalue weighted by Gasteiger charge is 2.14. The summed E-state index contributed by atoms with van der Waals surface area (Å²) in [5.41, 5.74) is 8.09. The summed E-state index contributed by atoms with van der Waals surface area (Å²) in [6.45, 7) is 4.33. The van der Waals surface area contributed by atoms with E-state index in [4.69, 9.17) is 5.73 Å². The van der Waals surface area contributed by atoms with Gasteiger partial charge >= 0.3 is 0 Å². The third-order valence-electron chi connectivity index (χ3n) is 3.77. The molecule has 114 valence electrons. The molecule has 0 amide bonds. The minimum atomic E-state index is -0.268. The van der Waals surface area contributed by atoms with Crippen molar-refractivity contribution in [3.8, 4) is 0 Å². The molecule has 2 rings (SSSR count). The first-order valence-electron chi connectivity index (χ1n) is 7.29. The van der Waals surface area contributed by atoms with E-state index in [9.17, 15) is 4.39 Å². The van der Waals surface area contributed by atoms with Gasteiger partial charge in [0.1, 0.15) is 5.82 Å². The molecule has 0 aliphatic heterocycles. The molecule has 0 bridgehead atoms. The maximum Gasteiger partial charge on any atom is 0.124 e. The van der Waals surface area contributed by atoms with Gasteiger partial charge in [0.25, 0.3) is 0 Å². The van der Waals surface area contributed by atoms with E-state index in [0.29, 0.717) is 16.9 Å². The van der Waals surface area contributed by atoms with E-state index in [-0.39, 0.29) is 11.9 Å². The summed E-state index contributed by atoms with van der Waals surface area (Å²) in [6.07, 6.45) is 4.77. The molecule has 0 radical (unpaired) electrons. The van der Waals surface area contributed by atoms with Crippen LogP contribution in [0.15, 0.2) is 34.9 Å². The predicted molar refractivity (Wildman–Crippen MR) is 86.6 cm³/mol. The van der Waals surface area contributed by atoms with Crippen LogP contribution in [0.2, 0.25) is 0 Å². The minimum Gasteiger partial charge on any atom is -0.324 e. The molecule has 1 unspecified atom stereocenters. The molecule has 0 aliphatic rings. The summed E-state index contributed by atoms with van der Waals surface area (Å²) in [7, 11) is 0. The largest absolute Gasteiger partial charge is 0.324 e. The van der Waals surface area contributed by atoms with Gasteiger partial charge in [0.2, 0.25) is 0 Å². The van der Waals surface area contributed by atoms with Gasteiger partial charge in [-0.15, -0.1) is 0 Å². The quantitative estimate of drug-likeness (QED) is 0.836. The highest BCUT2D eigenvalue weighted by molar-refractivity contribution is 9.10. The lowest BCUT2D eigenvalue weighted by Gasteiger charge is -2.14. The monoisotopic (exact) mass is 353 g/mol. The third kappa shape index (κ3) is 3.92. The van der Waals surface area contributed by atoms with Crippen LogP contribution in [0.5, 0.6) is 0 Å². The second kappa shape index (κ2) is 7.18. The summed E-state index contributed by atoms with van der Waals surface area (Å²) >= 11 is 3.37. The maximum atomic E-state index is 13.1. The Bertz CT molecular complexity index is 593. The normalized spacial score (nSPS) is 12.9. The Kier molecular flexibility index (Phi) is 5.53. The standard InChI is InChI=1S/C16H21BrFN3/c1-3-13(4-2)21-8-7-12(20-21)10-16(19)14-6-5-11(18)9-15(14)17/h5-9,13,16H,3-4,10,19H2,1-2H3. The average Bonchev–Trinajstić information content (AvgIpc) is 2.88. The van der Waals surface area contributed by atoms with Crippen molar-refractivity contribution in [1.82, 2.24) is 9.78 Å². The van der Waals surface area contributed by atoms with Crippen molar-refractivity contribution in [3.05, 3.63) is 52.0 Å². The predicted octanol–water partition coefficient (Wildman–Crippen LogP) is 4.39. The molecule has 0 saturated carbocycles. The SMILES string of the molecule is CCC(CC)n1ccc(CC(N)c2ccc(F)cc2Br)n1. The number of benzene rings is 1. The molecule has 0 aliphatic carbocycles. The molecule has 1 aromatic carbocycles. The minimum absolute atomic E-state index is 0.204. The first-order valence-corrected chi connectivity index (χ1v) is 8.09. The maximum absolute atomic E-state index is 13.1. The van der Waals surface area contributed by atoms with Crippen molar-refractivity contribution < 1.29 is 4.39 Å². The average molecular weight is 354 g/mol. The molecule has 2 aromatic rings. The van der Waals surface area contributed by atoms with Crippen LogP contribution in [0, 0.1) is 5.82 Å². The zero-order chi connectivity index (χ0) is 15.4. The van der Waals surface area contributed by atoms with E-state index in [1.54, 1.807) is 6.07 Å². The van der Waals surface area contributed by atoms with E-state index < -0.39 is 0 Å². The van der Waals surface area contributed by atoms with Crippen LogP contribution in [-0.2, 0) is 6.42 Å². The van der Waals surface area contributed by atoms with Crippen molar-refractivity contribution in [1.29, 1.82) is 0 Å². The van der Waals surface area contributed by atoms with Crippen molar-refractivity contribution in [2.45, 2.75) is 45.2 Å². The molecule has 5 heteroatoms. The zero-order valence-corrected chi connectivity index (χ0v) is 14.0. The van der Waals surface area contributed by atoms with Crippen LogP contribution >= 0.6 is 15.9 Å². The fraction of sp³-hybridized carbons (Fsp3) is 0.438. The third-order valence-corrected chi connectivity index (χ3v) is 4.46. The molecule has 3 nitrogen and oxygen atoms in total. The van der Waals surface area contributed by atoms with Gasteiger partial charge in [-0.05, 0) is 36.6 Å². The Morgan fingerprint density at radius 2 is 2.00 bits per heavy atom.